The second kappa shape index (κ2) is 13.7. The van der Waals surface area contributed by atoms with Gasteiger partial charge in [0.15, 0.2) is 0 Å². The van der Waals surface area contributed by atoms with Crippen molar-refractivity contribution in [1.29, 1.82) is 0 Å². The summed E-state index contributed by atoms with van der Waals surface area (Å²) >= 11 is 0. The number of alkyl halides is 2. The quantitative estimate of drug-likeness (QED) is 0.157. The first kappa shape index (κ1) is 29.5. The predicted octanol–water partition coefficient (Wildman–Crippen LogP) is 8.23. The number of nitrogens with one attached hydrogen (secondary N) is 1. The van der Waals surface area contributed by atoms with Gasteiger partial charge in [0.05, 0.1) is 17.9 Å². The zero-order valence-electron chi connectivity index (χ0n) is 21.7. The summed E-state index contributed by atoms with van der Waals surface area (Å²) in [5.41, 5.74) is -3.25. The topological polar surface area (TPSA) is 84.9 Å². The van der Waals surface area contributed by atoms with Gasteiger partial charge in [0.25, 0.3) is 5.91 Å². The van der Waals surface area contributed by atoms with Crippen LogP contribution in [0.2, 0.25) is 0 Å². The Hall–Kier alpha value is -3.06. The fourth-order valence-corrected chi connectivity index (χ4v) is 4.67. The third-order valence-corrected chi connectivity index (χ3v) is 7.65. The number of ether oxygens (including phenoxy) is 1. The number of halogens is 2. The molecule has 0 radical (unpaired) electrons. The molecule has 204 valence electrons. The van der Waals surface area contributed by atoms with Crippen molar-refractivity contribution in [3.63, 3.8) is 0 Å². The summed E-state index contributed by atoms with van der Waals surface area (Å²) in [5, 5.41) is 2.41. The van der Waals surface area contributed by atoms with E-state index in [9.17, 15) is 23.0 Å². The predicted molar refractivity (Wildman–Crippen MR) is 146 cm³/mol. The number of benzene rings is 3. The van der Waals surface area contributed by atoms with Crippen LogP contribution in [0, 0.1) is 0 Å². The molecule has 0 heterocycles. The highest BCUT2D eigenvalue weighted by Crippen LogP contribution is 2.63. The van der Waals surface area contributed by atoms with E-state index in [0.29, 0.717) is 6.61 Å². The van der Waals surface area contributed by atoms with Crippen LogP contribution in [0.4, 0.5) is 14.5 Å². The van der Waals surface area contributed by atoms with E-state index in [2.05, 4.69) is 16.8 Å². The highest BCUT2D eigenvalue weighted by molar-refractivity contribution is 7.53. The average molecular weight is 546 g/mol. The Bertz CT molecular complexity index is 1230. The minimum Gasteiger partial charge on any atom is -0.494 e. The molecule has 9 heteroatoms. The third kappa shape index (κ3) is 7.50. The molecule has 0 spiro atoms. The van der Waals surface area contributed by atoms with E-state index >= 15 is 0 Å². The minimum atomic E-state index is -5.29. The number of para-hydroxylation sites is 1. The molecule has 0 aromatic heterocycles. The molecule has 1 atom stereocenters. The van der Waals surface area contributed by atoms with Crippen LogP contribution in [0.5, 0.6) is 5.75 Å². The molecule has 1 unspecified atom stereocenters. The summed E-state index contributed by atoms with van der Waals surface area (Å²) in [4.78, 5) is 22.4. The molecule has 0 bridgehead atoms. The standard InChI is InChI=1S/C29H34F2NO5P/c1-3-4-5-6-7-10-21-37-25-19-17-23(18-20-25)22-13-15-24(16-14-22)28(33)32-27-12-9-8-11-26(27)29(30,31)38(34,35)36-2/h8-9,11-20H,3-7,10,21H2,1-2H3,(H,32,33)(H,34,35). The zero-order chi connectivity index (χ0) is 27.6. The second-order valence-corrected chi connectivity index (χ2v) is 10.9. The van der Waals surface area contributed by atoms with Crippen LogP contribution < -0.4 is 10.1 Å². The van der Waals surface area contributed by atoms with Gasteiger partial charge in [0, 0.05) is 12.7 Å². The number of amides is 1. The molecule has 0 aliphatic heterocycles. The summed E-state index contributed by atoms with van der Waals surface area (Å²) in [6, 6.07) is 19.3. The maximum Gasteiger partial charge on any atom is 0.401 e. The molecule has 3 rings (SSSR count). The molecule has 3 aromatic rings. The van der Waals surface area contributed by atoms with Crippen molar-refractivity contribution >= 4 is 19.2 Å². The monoisotopic (exact) mass is 545 g/mol. The first-order chi connectivity index (χ1) is 18.2. The Labute approximate surface area is 222 Å². The second-order valence-electron chi connectivity index (χ2n) is 8.96. The summed E-state index contributed by atoms with van der Waals surface area (Å²) in [7, 11) is -4.56. The Morgan fingerprint density at radius 2 is 1.47 bits per heavy atom. The number of hydrogen-bond donors (Lipinski definition) is 2. The van der Waals surface area contributed by atoms with Crippen molar-refractivity contribution in [3.8, 4) is 16.9 Å². The van der Waals surface area contributed by atoms with Crippen LogP contribution >= 0.6 is 7.60 Å². The fraction of sp³-hybridized carbons (Fsp3) is 0.345. The van der Waals surface area contributed by atoms with Gasteiger partial charge >= 0.3 is 13.3 Å². The van der Waals surface area contributed by atoms with E-state index in [4.69, 9.17) is 4.74 Å². The lowest BCUT2D eigenvalue weighted by Crippen LogP contribution is -2.20. The highest BCUT2D eigenvalue weighted by Gasteiger charge is 2.53. The van der Waals surface area contributed by atoms with Gasteiger partial charge in [-0.3, -0.25) is 9.36 Å². The van der Waals surface area contributed by atoms with Gasteiger partial charge in [-0.2, -0.15) is 8.78 Å². The number of unbranched alkanes of at least 4 members (excludes halogenated alkanes) is 5. The first-order valence-corrected chi connectivity index (χ1v) is 14.3. The van der Waals surface area contributed by atoms with Crippen LogP contribution in [0.25, 0.3) is 11.1 Å². The maximum absolute atomic E-state index is 14.7. The Morgan fingerprint density at radius 3 is 2.11 bits per heavy atom. The molecule has 0 aliphatic carbocycles. The Morgan fingerprint density at radius 1 is 0.895 bits per heavy atom. The zero-order valence-corrected chi connectivity index (χ0v) is 22.6. The lowest BCUT2D eigenvalue weighted by molar-refractivity contribution is 0.0516. The number of carbonyl (C=O) groups excluding carboxylic acids is 1. The summed E-state index contributed by atoms with van der Waals surface area (Å²) in [6.45, 7) is 2.89. The van der Waals surface area contributed by atoms with E-state index in [1.54, 1.807) is 24.3 Å². The van der Waals surface area contributed by atoms with Gasteiger partial charge < -0.3 is 19.5 Å². The van der Waals surface area contributed by atoms with Gasteiger partial charge in [0.2, 0.25) is 0 Å². The van der Waals surface area contributed by atoms with Crippen molar-refractivity contribution in [1.82, 2.24) is 0 Å². The SMILES string of the molecule is CCCCCCCCOc1ccc(-c2ccc(C(=O)Nc3ccccc3C(F)(F)P(=O)(O)OC)cc2)cc1. The molecule has 38 heavy (non-hydrogen) atoms. The lowest BCUT2D eigenvalue weighted by Gasteiger charge is -2.23. The molecule has 2 N–H and O–H groups in total. The Balaban J connectivity index is 1.61. The van der Waals surface area contributed by atoms with Crippen LogP contribution in [0.3, 0.4) is 0 Å². The molecule has 0 saturated heterocycles. The molecule has 0 aliphatic rings. The Kier molecular flexibility index (Phi) is 10.6. The third-order valence-electron chi connectivity index (χ3n) is 6.20. The van der Waals surface area contributed by atoms with E-state index in [-0.39, 0.29) is 11.3 Å². The highest BCUT2D eigenvalue weighted by atomic mass is 31.2. The van der Waals surface area contributed by atoms with Gasteiger partial charge in [0.1, 0.15) is 5.75 Å². The fourth-order valence-electron chi connectivity index (χ4n) is 3.95. The minimum absolute atomic E-state index is 0.240. The van der Waals surface area contributed by atoms with E-state index in [1.807, 2.05) is 24.3 Å². The van der Waals surface area contributed by atoms with E-state index < -0.39 is 24.7 Å². The first-order valence-electron chi connectivity index (χ1n) is 12.7. The largest absolute Gasteiger partial charge is 0.494 e. The van der Waals surface area contributed by atoms with Gasteiger partial charge in [-0.15, -0.1) is 0 Å². The van der Waals surface area contributed by atoms with Crippen LogP contribution in [-0.4, -0.2) is 24.5 Å². The summed E-state index contributed by atoms with van der Waals surface area (Å²) in [6.07, 6.45) is 7.23. The summed E-state index contributed by atoms with van der Waals surface area (Å²) < 4.78 is 51.2. The number of carbonyl (C=O) groups is 1. The van der Waals surface area contributed by atoms with Gasteiger partial charge in [-0.1, -0.05) is 81.5 Å². The maximum atomic E-state index is 14.7. The molecular weight excluding hydrogens is 511 g/mol. The van der Waals surface area contributed by atoms with Crippen LogP contribution in [-0.2, 0) is 14.8 Å². The smallest absolute Gasteiger partial charge is 0.401 e. The molecule has 3 aromatic carbocycles. The van der Waals surface area contributed by atoms with E-state index in [0.717, 1.165) is 36.5 Å². The van der Waals surface area contributed by atoms with Crippen molar-refractivity contribution in [2.75, 3.05) is 19.0 Å². The normalized spacial score (nSPS) is 13.1. The molecule has 1 amide bonds. The number of rotatable bonds is 14. The van der Waals surface area contributed by atoms with Crippen LogP contribution in [0.15, 0.2) is 72.8 Å². The average Bonchev–Trinajstić information content (AvgIpc) is 2.93. The lowest BCUT2D eigenvalue weighted by atomic mass is 10.0. The van der Waals surface area contributed by atoms with Crippen molar-refractivity contribution in [3.05, 3.63) is 83.9 Å². The van der Waals surface area contributed by atoms with Crippen LogP contribution in [0.1, 0.15) is 61.4 Å². The van der Waals surface area contributed by atoms with Crippen molar-refractivity contribution in [2.45, 2.75) is 51.1 Å². The van der Waals surface area contributed by atoms with Gasteiger partial charge in [-0.05, 0) is 47.9 Å². The number of anilines is 1. The molecule has 0 fully saturated rings. The summed E-state index contributed by atoms with van der Waals surface area (Å²) in [5.74, 6) is 0.165. The molecular formula is C29H34F2NO5P. The van der Waals surface area contributed by atoms with Crippen molar-refractivity contribution in [2.24, 2.45) is 0 Å². The van der Waals surface area contributed by atoms with E-state index in [1.165, 1.54) is 50.3 Å². The number of hydrogen-bond acceptors (Lipinski definition) is 4. The van der Waals surface area contributed by atoms with Gasteiger partial charge in [-0.25, -0.2) is 0 Å². The van der Waals surface area contributed by atoms with Crippen molar-refractivity contribution < 1.29 is 32.3 Å². The molecule has 0 saturated carbocycles. The molecule has 6 nitrogen and oxygen atoms in total.